The van der Waals surface area contributed by atoms with E-state index in [1.54, 1.807) is 6.92 Å². The number of methoxy groups -OCH3 is 1. The summed E-state index contributed by atoms with van der Waals surface area (Å²) in [5, 5.41) is 80.7. The SMILES string of the molecule is C/C=C1/[C@H](O[C@@H]2O[C@H](CO)[C@@H](O)[C@H](O)[C@H]2O)OC=C(C(=O)OC)[C@H]1CC(=O)OC[C@H]1O[C@@H](Oc2ccc(O)cc2)[C@H](O)[C@@H](O)[C@@H]1O. The minimum absolute atomic E-state index is 0.0414. The van der Waals surface area contributed by atoms with Gasteiger partial charge < -0.3 is 74.0 Å². The number of carbonyl (C=O) groups is 2. The number of phenolic OH excluding ortho intramolecular Hbond substituents is 1. The summed E-state index contributed by atoms with van der Waals surface area (Å²) in [7, 11) is 1.11. The van der Waals surface area contributed by atoms with Crippen molar-refractivity contribution >= 4 is 11.9 Å². The second-order valence-corrected chi connectivity index (χ2v) is 10.7. The number of aromatic hydroxyl groups is 1. The van der Waals surface area contributed by atoms with E-state index in [-0.39, 0.29) is 22.6 Å². The van der Waals surface area contributed by atoms with Crippen LogP contribution in [0, 0.1) is 5.92 Å². The zero-order valence-electron chi connectivity index (χ0n) is 24.8. The predicted octanol–water partition coefficient (Wildman–Crippen LogP) is -2.70. The van der Waals surface area contributed by atoms with E-state index in [0.717, 1.165) is 13.4 Å². The van der Waals surface area contributed by atoms with Gasteiger partial charge in [0.2, 0.25) is 12.6 Å². The van der Waals surface area contributed by atoms with Crippen LogP contribution in [-0.2, 0) is 38.0 Å². The largest absolute Gasteiger partial charge is 0.508 e. The Balaban J connectivity index is 1.44. The fourth-order valence-electron chi connectivity index (χ4n) is 5.14. The summed E-state index contributed by atoms with van der Waals surface area (Å²) < 4.78 is 37.8. The molecule has 17 heteroatoms. The Bertz CT molecular complexity index is 1250. The van der Waals surface area contributed by atoms with E-state index in [0.29, 0.717) is 0 Å². The smallest absolute Gasteiger partial charge is 0.337 e. The van der Waals surface area contributed by atoms with Crippen LogP contribution in [0.3, 0.4) is 0 Å². The van der Waals surface area contributed by atoms with Crippen molar-refractivity contribution in [2.75, 3.05) is 20.3 Å². The number of esters is 2. The number of hydrogen-bond donors (Lipinski definition) is 8. The molecule has 0 saturated carbocycles. The van der Waals surface area contributed by atoms with E-state index < -0.39 is 105 Å². The second-order valence-electron chi connectivity index (χ2n) is 10.7. The van der Waals surface area contributed by atoms with Crippen LogP contribution in [-0.4, -0.2) is 141 Å². The summed E-state index contributed by atoms with van der Waals surface area (Å²) in [4.78, 5) is 25.6. The lowest BCUT2D eigenvalue weighted by Gasteiger charge is -2.42. The highest BCUT2D eigenvalue weighted by molar-refractivity contribution is 5.90. The highest BCUT2D eigenvalue weighted by Gasteiger charge is 2.48. The van der Waals surface area contributed by atoms with E-state index in [9.17, 15) is 50.4 Å². The van der Waals surface area contributed by atoms with Crippen LogP contribution >= 0.6 is 0 Å². The normalized spacial score (nSPS) is 37.2. The monoisotopic (exact) mass is 658 g/mol. The summed E-state index contributed by atoms with van der Waals surface area (Å²) >= 11 is 0. The third-order valence-corrected chi connectivity index (χ3v) is 7.77. The maximum absolute atomic E-state index is 13.1. The molecule has 3 aliphatic rings. The molecule has 17 nitrogen and oxygen atoms in total. The number of benzene rings is 1. The van der Waals surface area contributed by atoms with Crippen LogP contribution in [0.1, 0.15) is 13.3 Å². The molecule has 3 aliphatic heterocycles. The number of aliphatic hydroxyl groups is 7. The van der Waals surface area contributed by atoms with Gasteiger partial charge in [0.05, 0.1) is 32.0 Å². The Morgan fingerprint density at radius 3 is 2.09 bits per heavy atom. The molecule has 0 radical (unpaired) electrons. The number of rotatable bonds is 10. The van der Waals surface area contributed by atoms with Crippen molar-refractivity contribution in [1.82, 2.24) is 0 Å². The standard InChI is InChI=1S/C29H38O17/c1-3-14-15(16(26(39)40-2)10-42-27(14)46-29-25(38)22(35)20(33)17(9-30)44-29)8-19(32)41-11-18-21(34)23(36)24(37)28(45-18)43-13-6-4-12(31)5-7-13/h3-7,10,15,17-18,20-25,27-31,33-38H,8-9,11H2,1-2H3/b14-3+/t15-,17+,18+,20+,21+,22-,23-,24+,25+,27-,28+,29-/m0/s1. The Hall–Kier alpha value is -3.36. The van der Waals surface area contributed by atoms with Crippen LogP contribution in [0.5, 0.6) is 11.5 Å². The Morgan fingerprint density at radius 2 is 1.48 bits per heavy atom. The first-order valence-electron chi connectivity index (χ1n) is 14.3. The van der Waals surface area contributed by atoms with Gasteiger partial charge in [-0.25, -0.2) is 4.79 Å². The Kier molecular flexibility index (Phi) is 11.9. The lowest BCUT2D eigenvalue weighted by Crippen LogP contribution is -2.60. The van der Waals surface area contributed by atoms with Crippen molar-refractivity contribution < 1.29 is 83.6 Å². The van der Waals surface area contributed by atoms with Gasteiger partial charge in [0.1, 0.15) is 66.9 Å². The van der Waals surface area contributed by atoms with E-state index in [4.69, 9.17) is 33.2 Å². The quantitative estimate of drug-likeness (QED) is 0.0939. The molecule has 0 aromatic heterocycles. The van der Waals surface area contributed by atoms with Crippen molar-refractivity contribution in [2.45, 2.75) is 81.0 Å². The molecular formula is C29H38O17. The minimum atomic E-state index is -1.76. The topological polar surface area (TPSA) is 261 Å². The summed E-state index contributed by atoms with van der Waals surface area (Å²) in [5.74, 6) is -2.69. The summed E-state index contributed by atoms with van der Waals surface area (Å²) in [6.07, 6.45) is -15.3. The first-order chi connectivity index (χ1) is 21.9. The van der Waals surface area contributed by atoms with Crippen LogP contribution in [0.15, 0.2) is 47.7 Å². The Labute approximate surface area is 262 Å². The van der Waals surface area contributed by atoms with Crippen molar-refractivity contribution in [2.24, 2.45) is 5.92 Å². The third kappa shape index (κ3) is 7.77. The summed E-state index contributed by atoms with van der Waals surface area (Å²) in [6.45, 7) is 0.246. The zero-order valence-corrected chi connectivity index (χ0v) is 24.8. The molecule has 4 rings (SSSR count). The highest BCUT2D eigenvalue weighted by atomic mass is 16.8. The molecule has 0 aliphatic carbocycles. The molecule has 256 valence electrons. The number of aliphatic hydroxyl groups excluding tert-OH is 7. The number of hydrogen-bond acceptors (Lipinski definition) is 17. The van der Waals surface area contributed by atoms with Gasteiger partial charge in [-0.1, -0.05) is 6.08 Å². The molecule has 2 fully saturated rings. The molecule has 0 bridgehead atoms. The average Bonchev–Trinajstić information content (AvgIpc) is 3.05. The third-order valence-electron chi connectivity index (χ3n) is 7.77. The van der Waals surface area contributed by atoms with Crippen molar-refractivity contribution in [3.05, 3.63) is 47.7 Å². The van der Waals surface area contributed by atoms with Crippen molar-refractivity contribution in [1.29, 1.82) is 0 Å². The van der Waals surface area contributed by atoms with Gasteiger partial charge in [0.15, 0.2) is 6.29 Å². The highest BCUT2D eigenvalue weighted by Crippen LogP contribution is 2.36. The van der Waals surface area contributed by atoms with Crippen molar-refractivity contribution in [3.8, 4) is 11.5 Å². The predicted molar refractivity (Wildman–Crippen MR) is 148 cm³/mol. The first-order valence-corrected chi connectivity index (χ1v) is 14.3. The lowest BCUT2D eigenvalue weighted by atomic mass is 9.86. The number of allylic oxidation sites excluding steroid dienone is 1. The van der Waals surface area contributed by atoms with E-state index in [1.807, 2.05) is 0 Å². The van der Waals surface area contributed by atoms with Gasteiger partial charge in [0.25, 0.3) is 0 Å². The number of carbonyl (C=O) groups excluding carboxylic acids is 2. The molecule has 46 heavy (non-hydrogen) atoms. The van der Waals surface area contributed by atoms with Crippen LogP contribution < -0.4 is 4.74 Å². The van der Waals surface area contributed by atoms with Gasteiger partial charge >= 0.3 is 11.9 Å². The number of phenols is 1. The van der Waals surface area contributed by atoms with Gasteiger partial charge in [0, 0.05) is 11.5 Å². The van der Waals surface area contributed by atoms with Gasteiger partial charge in [-0.2, -0.15) is 0 Å². The van der Waals surface area contributed by atoms with E-state index >= 15 is 0 Å². The van der Waals surface area contributed by atoms with E-state index in [1.165, 1.54) is 30.3 Å². The second kappa shape index (κ2) is 15.5. The first kappa shape index (κ1) is 35.5. The maximum Gasteiger partial charge on any atom is 0.337 e. The molecule has 3 heterocycles. The molecule has 12 atom stereocenters. The van der Waals surface area contributed by atoms with Crippen LogP contribution in [0.4, 0.5) is 0 Å². The molecule has 2 saturated heterocycles. The fourth-order valence-corrected chi connectivity index (χ4v) is 5.14. The minimum Gasteiger partial charge on any atom is -0.508 e. The summed E-state index contributed by atoms with van der Waals surface area (Å²) in [5.41, 5.74) is 0.0859. The molecule has 0 unspecified atom stereocenters. The van der Waals surface area contributed by atoms with E-state index in [2.05, 4.69) is 0 Å². The zero-order chi connectivity index (χ0) is 33.7. The van der Waals surface area contributed by atoms with Gasteiger partial charge in [-0.15, -0.1) is 0 Å². The maximum atomic E-state index is 13.1. The molecule has 1 aromatic carbocycles. The van der Waals surface area contributed by atoms with Gasteiger partial charge in [-0.05, 0) is 31.2 Å². The van der Waals surface area contributed by atoms with Crippen LogP contribution in [0.25, 0.3) is 0 Å². The molecule has 0 spiro atoms. The fraction of sp³-hybridized carbons (Fsp3) is 0.586. The Morgan fingerprint density at radius 1 is 0.870 bits per heavy atom. The molecular weight excluding hydrogens is 620 g/mol. The lowest BCUT2D eigenvalue weighted by molar-refractivity contribution is -0.327. The summed E-state index contributed by atoms with van der Waals surface area (Å²) in [6, 6.07) is 5.40. The molecule has 8 N–H and O–H groups in total. The van der Waals surface area contributed by atoms with Gasteiger partial charge in [-0.3, -0.25) is 4.79 Å². The van der Waals surface area contributed by atoms with Crippen LogP contribution in [0.2, 0.25) is 0 Å². The average molecular weight is 659 g/mol. The number of ether oxygens (including phenoxy) is 7. The molecule has 0 amide bonds. The van der Waals surface area contributed by atoms with Crippen molar-refractivity contribution in [3.63, 3.8) is 0 Å². The molecule has 1 aromatic rings.